The number of primary amides is 1. The van der Waals surface area contributed by atoms with Gasteiger partial charge in [-0.15, -0.1) is 0 Å². The van der Waals surface area contributed by atoms with E-state index in [9.17, 15) is 9.59 Å². The van der Waals surface area contributed by atoms with Crippen LogP contribution in [0.25, 0.3) is 0 Å². The van der Waals surface area contributed by atoms with Gasteiger partial charge in [-0.3, -0.25) is 9.59 Å². The first kappa shape index (κ1) is 12.0. The first-order chi connectivity index (χ1) is 6.91. The monoisotopic (exact) mass is 213 g/mol. The molecule has 2 amide bonds. The number of rotatable bonds is 3. The van der Waals surface area contributed by atoms with Crippen LogP contribution in [-0.2, 0) is 9.59 Å². The van der Waals surface area contributed by atoms with Crippen LogP contribution in [0.15, 0.2) is 0 Å². The molecule has 0 radical (unpaired) electrons. The zero-order chi connectivity index (χ0) is 11.6. The Hall–Kier alpha value is -1.10. The molecule has 3 atom stereocenters. The van der Waals surface area contributed by atoms with Gasteiger partial charge in [0.1, 0.15) is 0 Å². The fraction of sp³-hybridized carbons (Fsp3) is 0.800. The van der Waals surface area contributed by atoms with E-state index >= 15 is 0 Å². The Morgan fingerprint density at radius 1 is 1.67 bits per heavy atom. The predicted molar refractivity (Wildman–Crippen MR) is 56.7 cm³/mol. The van der Waals surface area contributed by atoms with Crippen LogP contribution in [-0.4, -0.2) is 35.8 Å². The molecular weight excluding hydrogens is 194 g/mol. The molecule has 5 nitrogen and oxygen atoms in total. The number of carbonyl (C=O) groups is 2. The molecule has 0 saturated carbocycles. The summed E-state index contributed by atoms with van der Waals surface area (Å²) in [6, 6.07) is 0.00257. The van der Waals surface area contributed by atoms with Crippen molar-refractivity contribution in [2.75, 3.05) is 13.1 Å². The third-order valence-electron chi connectivity index (χ3n) is 2.99. The normalized spacial score (nSPS) is 29.0. The van der Waals surface area contributed by atoms with Crippen molar-refractivity contribution >= 4 is 11.8 Å². The maximum absolute atomic E-state index is 11.6. The van der Waals surface area contributed by atoms with Crippen molar-refractivity contribution < 1.29 is 9.59 Å². The molecule has 1 aliphatic rings. The Bertz CT molecular complexity index is 267. The fourth-order valence-corrected chi connectivity index (χ4v) is 1.69. The van der Waals surface area contributed by atoms with Crippen LogP contribution in [0.5, 0.6) is 0 Å². The molecule has 1 fully saturated rings. The number of carbonyl (C=O) groups excluding carboxylic acids is 2. The molecule has 0 aromatic carbocycles. The van der Waals surface area contributed by atoms with E-state index in [4.69, 9.17) is 11.5 Å². The third kappa shape index (κ3) is 2.92. The lowest BCUT2D eigenvalue weighted by Crippen LogP contribution is -2.52. The molecule has 1 heterocycles. The topological polar surface area (TPSA) is 89.4 Å². The van der Waals surface area contributed by atoms with Crippen LogP contribution in [0.3, 0.4) is 0 Å². The molecule has 1 rings (SSSR count). The number of hydrogen-bond donors (Lipinski definition) is 2. The summed E-state index contributed by atoms with van der Waals surface area (Å²) in [5.41, 5.74) is 11.0. The van der Waals surface area contributed by atoms with Gasteiger partial charge in [-0.2, -0.15) is 0 Å². The minimum absolute atomic E-state index is 0.00257. The van der Waals surface area contributed by atoms with Gasteiger partial charge in [0.25, 0.3) is 0 Å². The van der Waals surface area contributed by atoms with Crippen LogP contribution in [0.4, 0.5) is 0 Å². The van der Waals surface area contributed by atoms with Crippen LogP contribution >= 0.6 is 0 Å². The van der Waals surface area contributed by atoms with Gasteiger partial charge in [0.15, 0.2) is 0 Å². The van der Waals surface area contributed by atoms with Gasteiger partial charge in [-0.1, -0.05) is 13.8 Å². The van der Waals surface area contributed by atoms with Crippen molar-refractivity contribution in [1.29, 1.82) is 0 Å². The summed E-state index contributed by atoms with van der Waals surface area (Å²) in [5.74, 6) is -0.403. The number of likely N-dealkylation sites (tertiary alicyclic amines) is 1. The van der Waals surface area contributed by atoms with E-state index in [-0.39, 0.29) is 29.7 Å². The zero-order valence-corrected chi connectivity index (χ0v) is 9.27. The van der Waals surface area contributed by atoms with Crippen molar-refractivity contribution in [2.45, 2.75) is 26.3 Å². The molecule has 3 unspecified atom stereocenters. The smallest absolute Gasteiger partial charge is 0.222 e. The maximum Gasteiger partial charge on any atom is 0.222 e. The van der Waals surface area contributed by atoms with Crippen molar-refractivity contribution in [1.82, 2.24) is 4.90 Å². The molecule has 0 aliphatic carbocycles. The summed E-state index contributed by atoms with van der Waals surface area (Å²) in [4.78, 5) is 24.1. The number of amides is 2. The molecule has 5 heteroatoms. The molecule has 4 N–H and O–H groups in total. The minimum atomic E-state index is -0.380. The maximum atomic E-state index is 11.6. The number of hydrogen-bond acceptors (Lipinski definition) is 3. The Morgan fingerprint density at radius 2 is 2.27 bits per heavy atom. The van der Waals surface area contributed by atoms with Crippen LogP contribution in [0.2, 0.25) is 0 Å². The van der Waals surface area contributed by atoms with E-state index in [0.717, 1.165) is 0 Å². The quantitative estimate of drug-likeness (QED) is 0.650. The van der Waals surface area contributed by atoms with Crippen LogP contribution in [0.1, 0.15) is 20.3 Å². The molecule has 0 bridgehead atoms. The second-order valence-electron chi connectivity index (χ2n) is 4.45. The Labute approximate surface area is 89.8 Å². The fourth-order valence-electron chi connectivity index (χ4n) is 1.69. The first-order valence-corrected chi connectivity index (χ1v) is 5.24. The molecule has 0 aromatic heterocycles. The number of nitrogens with zero attached hydrogens (tertiary/aromatic N) is 1. The van der Waals surface area contributed by atoms with Gasteiger partial charge >= 0.3 is 0 Å². The summed E-state index contributed by atoms with van der Waals surface area (Å²) >= 11 is 0. The average Bonchev–Trinajstić information content (AvgIpc) is 2.13. The minimum Gasteiger partial charge on any atom is -0.369 e. The lowest BCUT2D eigenvalue weighted by atomic mass is 9.93. The highest BCUT2D eigenvalue weighted by Gasteiger charge is 2.30. The highest BCUT2D eigenvalue weighted by atomic mass is 16.2. The lowest BCUT2D eigenvalue weighted by molar-refractivity contribution is -0.136. The second-order valence-corrected chi connectivity index (χ2v) is 4.45. The van der Waals surface area contributed by atoms with Crippen molar-refractivity contribution in [2.24, 2.45) is 23.3 Å². The number of nitrogens with two attached hydrogens (primary N) is 2. The molecular formula is C10H19N3O2. The average molecular weight is 213 g/mol. The predicted octanol–water partition coefficient (Wildman–Crippen LogP) is -0.696. The van der Waals surface area contributed by atoms with Gasteiger partial charge in [-0.05, 0) is 5.92 Å². The molecule has 1 saturated heterocycles. The van der Waals surface area contributed by atoms with E-state index in [2.05, 4.69) is 0 Å². The van der Waals surface area contributed by atoms with E-state index < -0.39 is 0 Å². The van der Waals surface area contributed by atoms with Gasteiger partial charge in [0.05, 0.1) is 5.92 Å². The van der Waals surface area contributed by atoms with Crippen molar-refractivity contribution in [3.8, 4) is 0 Å². The molecule has 1 aliphatic heterocycles. The SMILES string of the molecule is CC(CN1CC(N)C(C)CC1=O)C(N)=O. The lowest BCUT2D eigenvalue weighted by Gasteiger charge is -2.35. The van der Waals surface area contributed by atoms with Gasteiger partial charge in [0.2, 0.25) is 11.8 Å². The summed E-state index contributed by atoms with van der Waals surface area (Å²) in [5, 5.41) is 0. The molecule has 0 aromatic rings. The van der Waals surface area contributed by atoms with E-state index in [1.54, 1.807) is 11.8 Å². The molecule has 15 heavy (non-hydrogen) atoms. The Kier molecular flexibility index (Phi) is 3.68. The number of piperidine rings is 1. The standard InChI is InChI=1S/C10H19N3O2/c1-6-3-9(14)13(5-8(6)11)4-7(2)10(12)15/h6-8H,3-5,11H2,1-2H3,(H2,12,15). The summed E-state index contributed by atoms with van der Waals surface area (Å²) in [6.07, 6.45) is 0.465. The van der Waals surface area contributed by atoms with E-state index in [0.29, 0.717) is 19.5 Å². The highest BCUT2D eigenvalue weighted by Crippen LogP contribution is 2.17. The van der Waals surface area contributed by atoms with Crippen molar-refractivity contribution in [3.63, 3.8) is 0 Å². The summed E-state index contributed by atoms with van der Waals surface area (Å²) < 4.78 is 0. The third-order valence-corrected chi connectivity index (χ3v) is 2.99. The van der Waals surface area contributed by atoms with Gasteiger partial charge < -0.3 is 16.4 Å². The highest BCUT2D eigenvalue weighted by molar-refractivity contribution is 5.80. The van der Waals surface area contributed by atoms with Crippen molar-refractivity contribution in [3.05, 3.63) is 0 Å². The van der Waals surface area contributed by atoms with Crippen LogP contribution in [0, 0.1) is 11.8 Å². The van der Waals surface area contributed by atoms with Crippen LogP contribution < -0.4 is 11.5 Å². The second kappa shape index (κ2) is 4.61. The largest absolute Gasteiger partial charge is 0.369 e. The molecule has 0 spiro atoms. The van der Waals surface area contributed by atoms with Gasteiger partial charge in [-0.25, -0.2) is 0 Å². The first-order valence-electron chi connectivity index (χ1n) is 5.24. The van der Waals surface area contributed by atoms with E-state index in [1.807, 2.05) is 6.92 Å². The van der Waals surface area contributed by atoms with Gasteiger partial charge in [0, 0.05) is 25.6 Å². The zero-order valence-electron chi connectivity index (χ0n) is 9.27. The van der Waals surface area contributed by atoms with E-state index in [1.165, 1.54) is 0 Å². The Balaban J connectivity index is 2.55. The Morgan fingerprint density at radius 3 is 2.80 bits per heavy atom. The molecule has 86 valence electrons. The summed E-state index contributed by atoms with van der Waals surface area (Å²) in [6.45, 7) is 4.60. The summed E-state index contributed by atoms with van der Waals surface area (Å²) in [7, 11) is 0.